The maximum atomic E-state index is 9.77. The lowest BCUT2D eigenvalue weighted by Gasteiger charge is -1.99. The smallest absolute Gasteiger partial charge is 0.213 e. The third-order valence-corrected chi connectivity index (χ3v) is 1.09. The van der Waals surface area contributed by atoms with Gasteiger partial charge < -0.3 is 4.74 Å². The Hall–Kier alpha value is -1.38. The second-order valence-electron chi connectivity index (χ2n) is 1.91. The van der Waals surface area contributed by atoms with E-state index in [2.05, 4.69) is 4.98 Å². The van der Waals surface area contributed by atoms with Crippen molar-refractivity contribution in [3.8, 4) is 5.88 Å². The molecule has 11 heavy (non-hydrogen) atoms. The molecule has 0 fully saturated rings. The van der Waals surface area contributed by atoms with Gasteiger partial charge in [-0.2, -0.15) is 0 Å². The SMILES string of the molecule is O=[C]CCOc1ccccn1. The number of hydrogen-bond donors (Lipinski definition) is 0. The number of hydrogen-bond acceptors (Lipinski definition) is 3. The minimum absolute atomic E-state index is 0.288. The Morgan fingerprint density at radius 3 is 3.09 bits per heavy atom. The van der Waals surface area contributed by atoms with Crippen molar-refractivity contribution in [3.63, 3.8) is 0 Å². The van der Waals surface area contributed by atoms with E-state index in [1.54, 1.807) is 24.6 Å². The van der Waals surface area contributed by atoms with Crippen molar-refractivity contribution in [1.82, 2.24) is 4.98 Å². The van der Waals surface area contributed by atoms with E-state index in [-0.39, 0.29) is 6.42 Å². The van der Waals surface area contributed by atoms with Gasteiger partial charge in [0.1, 0.15) is 0 Å². The number of rotatable bonds is 4. The van der Waals surface area contributed by atoms with Gasteiger partial charge in [0.25, 0.3) is 0 Å². The first-order valence-electron chi connectivity index (χ1n) is 3.32. The Bertz CT molecular complexity index is 211. The molecule has 1 aromatic rings. The highest BCUT2D eigenvalue weighted by Gasteiger charge is 1.90. The monoisotopic (exact) mass is 150 g/mol. The van der Waals surface area contributed by atoms with Gasteiger partial charge in [-0.3, -0.25) is 4.79 Å². The maximum Gasteiger partial charge on any atom is 0.213 e. The molecule has 3 heteroatoms. The molecule has 57 valence electrons. The van der Waals surface area contributed by atoms with Crippen molar-refractivity contribution in [2.24, 2.45) is 0 Å². The van der Waals surface area contributed by atoms with E-state index in [4.69, 9.17) is 4.74 Å². The van der Waals surface area contributed by atoms with Crippen molar-refractivity contribution in [1.29, 1.82) is 0 Å². The number of aromatic nitrogens is 1. The highest BCUT2D eigenvalue weighted by molar-refractivity contribution is 5.50. The van der Waals surface area contributed by atoms with Gasteiger partial charge in [-0.05, 0) is 6.07 Å². The van der Waals surface area contributed by atoms with E-state index in [1.165, 1.54) is 0 Å². The van der Waals surface area contributed by atoms with Crippen LogP contribution in [-0.2, 0) is 4.79 Å². The molecular weight excluding hydrogens is 142 g/mol. The first-order valence-corrected chi connectivity index (χ1v) is 3.32. The molecular formula is C8H8NO2. The molecule has 0 unspecified atom stereocenters. The van der Waals surface area contributed by atoms with Crippen LogP contribution in [0.3, 0.4) is 0 Å². The Kier molecular flexibility index (Phi) is 3.12. The van der Waals surface area contributed by atoms with E-state index in [1.807, 2.05) is 6.07 Å². The fourth-order valence-corrected chi connectivity index (χ4v) is 0.630. The summed E-state index contributed by atoms with van der Waals surface area (Å²) in [6.45, 7) is 0.348. The van der Waals surface area contributed by atoms with E-state index in [9.17, 15) is 4.79 Å². The summed E-state index contributed by atoms with van der Waals surface area (Å²) in [6, 6.07) is 5.37. The number of nitrogens with zero attached hydrogens (tertiary/aromatic N) is 1. The fraction of sp³-hybridized carbons (Fsp3) is 0.250. The molecule has 0 aliphatic carbocycles. The first kappa shape index (κ1) is 7.72. The second kappa shape index (κ2) is 4.44. The average molecular weight is 150 g/mol. The predicted molar refractivity (Wildman–Crippen MR) is 40.0 cm³/mol. The number of carbonyl (C=O) groups excluding carboxylic acids is 1. The first-order chi connectivity index (χ1) is 5.43. The van der Waals surface area contributed by atoms with Crippen molar-refractivity contribution in [2.75, 3.05) is 6.61 Å². The largest absolute Gasteiger partial charge is 0.477 e. The molecule has 0 amide bonds. The van der Waals surface area contributed by atoms with Crippen LogP contribution in [0.4, 0.5) is 0 Å². The van der Waals surface area contributed by atoms with Crippen LogP contribution in [-0.4, -0.2) is 17.9 Å². The van der Waals surface area contributed by atoms with E-state index in [0.717, 1.165) is 0 Å². The van der Waals surface area contributed by atoms with Crippen LogP contribution in [0.25, 0.3) is 0 Å². The van der Waals surface area contributed by atoms with E-state index in [0.29, 0.717) is 12.5 Å². The molecule has 0 saturated heterocycles. The minimum atomic E-state index is 0.288. The standard InChI is InChI=1S/C8H8NO2/c10-6-3-7-11-8-4-1-2-5-9-8/h1-2,4-5H,3,7H2. The van der Waals surface area contributed by atoms with E-state index >= 15 is 0 Å². The highest BCUT2D eigenvalue weighted by atomic mass is 16.5. The van der Waals surface area contributed by atoms with Gasteiger partial charge in [-0.15, -0.1) is 0 Å². The molecule has 0 aliphatic heterocycles. The van der Waals surface area contributed by atoms with Crippen LogP contribution < -0.4 is 4.74 Å². The summed E-state index contributed by atoms with van der Waals surface area (Å²) in [7, 11) is 0. The molecule has 0 atom stereocenters. The zero-order chi connectivity index (χ0) is 7.94. The lowest BCUT2D eigenvalue weighted by Crippen LogP contribution is -1.98. The summed E-state index contributed by atoms with van der Waals surface area (Å²) in [5.74, 6) is 0.544. The van der Waals surface area contributed by atoms with Crippen molar-refractivity contribution >= 4 is 6.29 Å². The summed E-state index contributed by atoms with van der Waals surface area (Å²) >= 11 is 0. The van der Waals surface area contributed by atoms with Crippen molar-refractivity contribution in [2.45, 2.75) is 6.42 Å². The van der Waals surface area contributed by atoms with Gasteiger partial charge in [0.2, 0.25) is 12.2 Å². The summed E-state index contributed by atoms with van der Waals surface area (Å²) < 4.78 is 5.07. The van der Waals surface area contributed by atoms with Crippen LogP contribution in [0.2, 0.25) is 0 Å². The Labute approximate surface area is 65.0 Å². The zero-order valence-electron chi connectivity index (χ0n) is 5.99. The van der Waals surface area contributed by atoms with Crippen LogP contribution in [0, 0.1) is 0 Å². The minimum Gasteiger partial charge on any atom is -0.477 e. The molecule has 1 rings (SSSR count). The highest BCUT2D eigenvalue weighted by Crippen LogP contribution is 2.02. The van der Waals surface area contributed by atoms with Gasteiger partial charge in [0, 0.05) is 18.7 Å². The topological polar surface area (TPSA) is 39.2 Å². The Balaban J connectivity index is 2.33. The second-order valence-corrected chi connectivity index (χ2v) is 1.91. The summed E-state index contributed by atoms with van der Waals surface area (Å²) in [6.07, 6.45) is 3.66. The third kappa shape index (κ3) is 2.80. The normalized spacial score (nSPS) is 9.09. The molecule has 1 aromatic heterocycles. The van der Waals surface area contributed by atoms with Gasteiger partial charge in [0.05, 0.1) is 6.61 Å². The zero-order valence-corrected chi connectivity index (χ0v) is 5.99. The van der Waals surface area contributed by atoms with Gasteiger partial charge in [-0.1, -0.05) is 6.07 Å². The summed E-state index contributed by atoms with van der Waals surface area (Å²) in [4.78, 5) is 13.7. The van der Waals surface area contributed by atoms with Gasteiger partial charge in [-0.25, -0.2) is 4.98 Å². The predicted octanol–water partition coefficient (Wildman–Crippen LogP) is 0.960. The van der Waals surface area contributed by atoms with Crippen LogP contribution >= 0.6 is 0 Å². The molecule has 0 saturated carbocycles. The van der Waals surface area contributed by atoms with Crippen LogP contribution in [0.5, 0.6) is 5.88 Å². The molecule has 1 heterocycles. The molecule has 0 bridgehead atoms. The average Bonchev–Trinajstić information content (AvgIpc) is 2.07. The Morgan fingerprint density at radius 1 is 1.55 bits per heavy atom. The van der Waals surface area contributed by atoms with Gasteiger partial charge >= 0.3 is 0 Å². The Morgan fingerprint density at radius 2 is 2.45 bits per heavy atom. The molecule has 1 radical (unpaired) electrons. The molecule has 0 aromatic carbocycles. The lowest BCUT2D eigenvalue weighted by molar-refractivity contribution is 0.314. The molecule has 0 aliphatic rings. The van der Waals surface area contributed by atoms with Gasteiger partial charge in [0.15, 0.2) is 0 Å². The molecule has 0 spiro atoms. The fourth-order valence-electron chi connectivity index (χ4n) is 0.630. The summed E-state index contributed by atoms with van der Waals surface area (Å²) in [5, 5.41) is 0. The van der Waals surface area contributed by atoms with Crippen molar-refractivity contribution < 1.29 is 9.53 Å². The molecule has 0 N–H and O–H groups in total. The molecule has 3 nitrogen and oxygen atoms in total. The summed E-state index contributed by atoms with van der Waals surface area (Å²) in [5.41, 5.74) is 0. The quantitative estimate of drug-likeness (QED) is 0.600. The van der Waals surface area contributed by atoms with E-state index < -0.39 is 0 Å². The third-order valence-electron chi connectivity index (χ3n) is 1.09. The van der Waals surface area contributed by atoms with Crippen LogP contribution in [0.15, 0.2) is 24.4 Å². The maximum absolute atomic E-state index is 9.77. The number of ether oxygens (including phenoxy) is 1. The number of pyridine rings is 1. The van der Waals surface area contributed by atoms with Crippen LogP contribution in [0.1, 0.15) is 6.42 Å². The van der Waals surface area contributed by atoms with Crippen molar-refractivity contribution in [3.05, 3.63) is 24.4 Å². The lowest BCUT2D eigenvalue weighted by atomic mass is 10.5.